The number of benzene rings is 2. The van der Waals surface area contributed by atoms with Gasteiger partial charge in [0.1, 0.15) is 0 Å². The third kappa shape index (κ3) is 6.29. The summed E-state index contributed by atoms with van der Waals surface area (Å²) in [7, 11) is 0. The summed E-state index contributed by atoms with van der Waals surface area (Å²) in [4.78, 5) is 2.45. The molecule has 2 atom stereocenters. The molecule has 0 aliphatic rings. The number of hydrogen-bond donors (Lipinski definition) is 0. The Hall–Kier alpha value is -2.16. The van der Waals surface area contributed by atoms with E-state index in [2.05, 4.69) is 79.6 Å². The second-order valence-electron chi connectivity index (χ2n) is 6.50. The summed E-state index contributed by atoms with van der Waals surface area (Å²) in [6.07, 6.45) is 6.02. The van der Waals surface area contributed by atoms with Crippen LogP contribution in [-0.2, 0) is 17.9 Å². The first-order chi connectivity index (χ1) is 12.8. The van der Waals surface area contributed by atoms with Crippen molar-refractivity contribution < 1.29 is 4.74 Å². The standard InChI is InChI=1S/C24H31NO/c1-4-7-18-25(19-21-14-10-8-11-15-21)23(5-2)24(6-3)26-20-22-16-12-9-13-17-22/h4-5,8-17,23-24H,1-2,6-7,18-20H2,3H3/t23-,24+/m0/s1. The maximum atomic E-state index is 6.29. The molecule has 0 N–H and O–H groups in total. The Kier molecular flexibility index (Phi) is 8.88. The lowest BCUT2D eigenvalue weighted by Crippen LogP contribution is -2.43. The highest BCUT2D eigenvalue weighted by Gasteiger charge is 2.24. The average Bonchev–Trinajstić information content (AvgIpc) is 2.70. The number of ether oxygens (including phenoxy) is 1. The smallest absolute Gasteiger partial charge is 0.0767 e. The Balaban J connectivity index is 2.09. The third-order valence-electron chi connectivity index (χ3n) is 4.60. The van der Waals surface area contributed by atoms with Gasteiger partial charge in [0.05, 0.1) is 18.8 Å². The quantitative estimate of drug-likeness (QED) is 0.461. The van der Waals surface area contributed by atoms with Gasteiger partial charge in [0.15, 0.2) is 0 Å². The Bertz CT molecular complexity index is 638. The molecule has 0 aliphatic heterocycles. The first kappa shape index (κ1) is 20.2. The van der Waals surface area contributed by atoms with E-state index < -0.39 is 0 Å². The number of hydrogen-bond acceptors (Lipinski definition) is 2. The fourth-order valence-electron chi connectivity index (χ4n) is 3.18. The number of nitrogens with zero attached hydrogens (tertiary/aromatic N) is 1. The van der Waals surface area contributed by atoms with Crippen LogP contribution in [0, 0.1) is 0 Å². The lowest BCUT2D eigenvalue weighted by Gasteiger charge is -2.35. The van der Waals surface area contributed by atoms with Crippen LogP contribution in [0.5, 0.6) is 0 Å². The van der Waals surface area contributed by atoms with Crippen LogP contribution in [0.3, 0.4) is 0 Å². The molecule has 0 aromatic heterocycles. The topological polar surface area (TPSA) is 12.5 Å². The van der Waals surface area contributed by atoms with Gasteiger partial charge in [0.2, 0.25) is 0 Å². The highest BCUT2D eigenvalue weighted by molar-refractivity contribution is 5.16. The molecule has 0 unspecified atom stereocenters. The molecule has 2 rings (SSSR count). The van der Waals surface area contributed by atoms with Crippen molar-refractivity contribution in [2.24, 2.45) is 0 Å². The molecule has 0 heterocycles. The summed E-state index contributed by atoms with van der Waals surface area (Å²) in [5, 5.41) is 0. The van der Waals surface area contributed by atoms with Crippen molar-refractivity contribution in [3.8, 4) is 0 Å². The van der Waals surface area contributed by atoms with Crippen LogP contribution in [0.15, 0.2) is 86.0 Å². The molecule has 0 amide bonds. The van der Waals surface area contributed by atoms with Gasteiger partial charge >= 0.3 is 0 Å². The van der Waals surface area contributed by atoms with Gasteiger partial charge in [-0.1, -0.05) is 79.7 Å². The van der Waals surface area contributed by atoms with Crippen molar-refractivity contribution in [3.05, 3.63) is 97.1 Å². The van der Waals surface area contributed by atoms with Crippen LogP contribution in [0.2, 0.25) is 0 Å². The van der Waals surface area contributed by atoms with E-state index in [1.807, 2.05) is 18.2 Å². The maximum absolute atomic E-state index is 6.29. The molecule has 0 aliphatic carbocycles. The van der Waals surface area contributed by atoms with E-state index >= 15 is 0 Å². The second-order valence-corrected chi connectivity index (χ2v) is 6.50. The van der Waals surface area contributed by atoms with E-state index in [1.165, 1.54) is 11.1 Å². The Morgan fingerprint density at radius 3 is 2.12 bits per heavy atom. The second kappa shape index (κ2) is 11.5. The molecule has 2 aromatic carbocycles. The van der Waals surface area contributed by atoms with Crippen LogP contribution < -0.4 is 0 Å². The Labute approximate surface area is 158 Å². The monoisotopic (exact) mass is 349 g/mol. The van der Waals surface area contributed by atoms with E-state index in [1.54, 1.807) is 0 Å². The summed E-state index contributed by atoms with van der Waals surface area (Å²) in [5.41, 5.74) is 2.51. The minimum Gasteiger partial charge on any atom is -0.372 e. The number of rotatable bonds is 12. The lowest BCUT2D eigenvalue weighted by molar-refractivity contribution is -0.0126. The minimum atomic E-state index is 0.112. The normalized spacial score (nSPS) is 13.3. The molecule has 2 nitrogen and oxygen atoms in total. The van der Waals surface area contributed by atoms with Crippen LogP contribution in [0.25, 0.3) is 0 Å². The molecule has 0 bridgehead atoms. The molecule has 26 heavy (non-hydrogen) atoms. The third-order valence-corrected chi connectivity index (χ3v) is 4.60. The van der Waals surface area contributed by atoms with Crippen LogP contribution in [0.4, 0.5) is 0 Å². The van der Waals surface area contributed by atoms with Crippen molar-refractivity contribution in [2.75, 3.05) is 6.54 Å². The van der Waals surface area contributed by atoms with Gasteiger partial charge in [0.25, 0.3) is 0 Å². The SMILES string of the molecule is C=CCCN(Cc1ccccc1)[C@@H](C=C)[C@@H](CC)OCc1ccccc1. The van der Waals surface area contributed by atoms with Crippen LogP contribution >= 0.6 is 0 Å². The zero-order chi connectivity index (χ0) is 18.6. The van der Waals surface area contributed by atoms with Gasteiger partial charge in [0, 0.05) is 13.1 Å². The molecule has 2 aromatic rings. The van der Waals surface area contributed by atoms with E-state index in [-0.39, 0.29) is 12.1 Å². The molecule has 0 spiro atoms. The predicted molar refractivity (Wildman–Crippen MR) is 111 cm³/mol. The Morgan fingerprint density at radius 1 is 0.962 bits per heavy atom. The summed E-state index contributed by atoms with van der Waals surface area (Å²) in [6, 6.07) is 21.1. The molecule has 0 saturated carbocycles. The van der Waals surface area contributed by atoms with Crippen molar-refractivity contribution in [1.82, 2.24) is 4.90 Å². The van der Waals surface area contributed by atoms with Crippen molar-refractivity contribution in [1.29, 1.82) is 0 Å². The molecule has 0 radical (unpaired) electrons. The minimum absolute atomic E-state index is 0.112. The van der Waals surface area contributed by atoms with Gasteiger partial charge in [-0.15, -0.1) is 13.2 Å². The fraction of sp³-hybridized carbons (Fsp3) is 0.333. The fourth-order valence-corrected chi connectivity index (χ4v) is 3.18. The summed E-state index contributed by atoms with van der Waals surface area (Å²) in [6.45, 7) is 12.6. The molecule has 2 heteroatoms. The summed E-state index contributed by atoms with van der Waals surface area (Å²) < 4.78 is 6.29. The van der Waals surface area contributed by atoms with Crippen molar-refractivity contribution in [3.63, 3.8) is 0 Å². The van der Waals surface area contributed by atoms with Gasteiger partial charge in [-0.2, -0.15) is 0 Å². The van der Waals surface area contributed by atoms with Gasteiger partial charge in [-0.05, 0) is 24.0 Å². The van der Waals surface area contributed by atoms with E-state index in [0.29, 0.717) is 6.61 Å². The first-order valence-electron chi connectivity index (χ1n) is 9.45. The zero-order valence-electron chi connectivity index (χ0n) is 15.9. The first-order valence-corrected chi connectivity index (χ1v) is 9.45. The molecule has 0 saturated heterocycles. The highest BCUT2D eigenvalue weighted by atomic mass is 16.5. The Morgan fingerprint density at radius 2 is 1.58 bits per heavy atom. The van der Waals surface area contributed by atoms with Gasteiger partial charge < -0.3 is 4.74 Å². The molecular formula is C24H31NO. The van der Waals surface area contributed by atoms with Gasteiger partial charge in [-0.25, -0.2) is 0 Å². The van der Waals surface area contributed by atoms with E-state index in [9.17, 15) is 0 Å². The zero-order valence-corrected chi connectivity index (χ0v) is 15.9. The van der Waals surface area contributed by atoms with Gasteiger partial charge in [-0.3, -0.25) is 4.90 Å². The molecule has 0 fully saturated rings. The van der Waals surface area contributed by atoms with Crippen LogP contribution in [0.1, 0.15) is 30.9 Å². The molecule has 138 valence electrons. The molecular weight excluding hydrogens is 318 g/mol. The summed E-state index contributed by atoms with van der Waals surface area (Å²) >= 11 is 0. The van der Waals surface area contributed by atoms with E-state index in [0.717, 1.165) is 25.9 Å². The van der Waals surface area contributed by atoms with E-state index in [4.69, 9.17) is 4.74 Å². The predicted octanol–water partition coefficient (Wildman–Crippen LogP) is 5.61. The highest BCUT2D eigenvalue weighted by Crippen LogP contribution is 2.19. The van der Waals surface area contributed by atoms with Crippen molar-refractivity contribution in [2.45, 2.75) is 45.1 Å². The van der Waals surface area contributed by atoms with Crippen LogP contribution in [-0.4, -0.2) is 23.6 Å². The maximum Gasteiger partial charge on any atom is 0.0767 e. The largest absolute Gasteiger partial charge is 0.372 e. The van der Waals surface area contributed by atoms with Crippen molar-refractivity contribution >= 4 is 0 Å². The summed E-state index contributed by atoms with van der Waals surface area (Å²) in [5.74, 6) is 0. The lowest BCUT2D eigenvalue weighted by atomic mass is 10.0. The average molecular weight is 350 g/mol.